The van der Waals surface area contributed by atoms with Crippen LogP contribution < -0.4 is 0 Å². The van der Waals surface area contributed by atoms with Crippen molar-refractivity contribution in [2.45, 2.75) is 52.4 Å². The number of aromatic nitrogens is 2. The summed E-state index contributed by atoms with van der Waals surface area (Å²) >= 11 is 0. The van der Waals surface area contributed by atoms with Crippen LogP contribution in [0.1, 0.15) is 63.9 Å². The second-order valence-electron chi connectivity index (χ2n) is 3.84. The Hall–Kier alpha value is -0.790. The van der Waals surface area contributed by atoms with E-state index in [0.717, 1.165) is 12.2 Å². The predicted molar refractivity (Wildman–Crippen MR) is 56.0 cm³/mol. The van der Waals surface area contributed by atoms with E-state index in [2.05, 4.69) is 37.7 Å². The zero-order chi connectivity index (χ0) is 9.84. The van der Waals surface area contributed by atoms with Gasteiger partial charge in [-0.15, -0.1) is 0 Å². The first kappa shape index (κ1) is 10.3. The molecule has 2 unspecified atom stereocenters. The molecule has 1 N–H and O–H groups in total. The summed E-state index contributed by atoms with van der Waals surface area (Å²) in [5.41, 5.74) is 1.28. The lowest BCUT2D eigenvalue weighted by Crippen LogP contribution is -1.96. The van der Waals surface area contributed by atoms with Gasteiger partial charge < -0.3 is 4.98 Å². The lowest BCUT2D eigenvalue weighted by molar-refractivity contribution is 0.671. The summed E-state index contributed by atoms with van der Waals surface area (Å²) in [6, 6.07) is 0. The highest BCUT2D eigenvalue weighted by Gasteiger charge is 2.10. The molecule has 0 aromatic carbocycles. The number of H-pyrrole nitrogens is 1. The first-order valence-corrected chi connectivity index (χ1v) is 5.23. The van der Waals surface area contributed by atoms with Crippen LogP contribution in [0.2, 0.25) is 0 Å². The summed E-state index contributed by atoms with van der Waals surface area (Å²) in [5, 5.41) is 0. The Balaban J connectivity index is 2.74. The molecule has 0 saturated carbocycles. The fraction of sp³-hybridized carbons (Fsp3) is 0.727. The van der Waals surface area contributed by atoms with E-state index in [1.54, 1.807) is 0 Å². The van der Waals surface area contributed by atoms with E-state index in [9.17, 15) is 0 Å². The Morgan fingerprint density at radius 3 is 2.38 bits per heavy atom. The molecular formula is C11H20N2. The first-order valence-electron chi connectivity index (χ1n) is 5.23. The average Bonchev–Trinajstić information content (AvgIpc) is 2.64. The van der Waals surface area contributed by atoms with Gasteiger partial charge in [-0.3, -0.25) is 0 Å². The normalized spacial score (nSPS) is 15.7. The Bertz CT molecular complexity index is 228. The number of imidazole rings is 1. The quantitative estimate of drug-likeness (QED) is 0.755. The molecule has 0 bridgehead atoms. The van der Waals surface area contributed by atoms with E-state index in [1.165, 1.54) is 12.1 Å². The second kappa shape index (κ2) is 4.45. The third kappa shape index (κ3) is 2.33. The smallest absolute Gasteiger partial charge is 0.109 e. The average molecular weight is 180 g/mol. The molecule has 1 rings (SSSR count). The molecule has 2 nitrogen and oxygen atoms in total. The third-order valence-corrected chi connectivity index (χ3v) is 2.84. The van der Waals surface area contributed by atoms with Gasteiger partial charge in [0.1, 0.15) is 5.82 Å². The SMILES string of the molecule is CCC(C)c1cnc(C(C)CC)[nH]1. The van der Waals surface area contributed by atoms with Crippen molar-refractivity contribution in [2.75, 3.05) is 0 Å². The van der Waals surface area contributed by atoms with Crippen molar-refractivity contribution in [3.8, 4) is 0 Å². The summed E-state index contributed by atoms with van der Waals surface area (Å²) < 4.78 is 0. The largest absolute Gasteiger partial charge is 0.345 e. The molecule has 0 amide bonds. The number of nitrogens with zero attached hydrogens (tertiary/aromatic N) is 1. The van der Waals surface area contributed by atoms with E-state index in [-0.39, 0.29) is 0 Å². The fourth-order valence-corrected chi connectivity index (χ4v) is 1.27. The molecule has 0 aliphatic heterocycles. The molecule has 1 aromatic rings. The van der Waals surface area contributed by atoms with Gasteiger partial charge in [0.2, 0.25) is 0 Å². The highest BCUT2D eigenvalue weighted by molar-refractivity contribution is 5.08. The highest BCUT2D eigenvalue weighted by atomic mass is 14.9. The molecule has 0 radical (unpaired) electrons. The van der Waals surface area contributed by atoms with Crippen LogP contribution in [-0.2, 0) is 0 Å². The minimum Gasteiger partial charge on any atom is -0.345 e. The molecule has 0 fully saturated rings. The highest BCUT2D eigenvalue weighted by Crippen LogP contribution is 2.20. The second-order valence-corrected chi connectivity index (χ2v) is 3.84. The van der Waals surface area contributed by atoms with Gasteiger partial charge in [-0.1, -0.05) is 27.7 Å². The van der Waals surface area contributed by atoms with Gasteiger partial charge in [-0.25, -0.2) is 4.98 Å². The lowest BCUT2D eigenvalue weighted by Gasteiger charge is -2.06. The van der Waals surface area contributed by atoms with Crippen LogP contribution in [0.15, 0.2) is 6.20 Å². The lowest BCUT2D eigenvalue weighted by atomic mass is 10.1. The first-order chi connectivity index (χ1) is 6.19. The van der Waals surface area contributed by atoms with E-state index in [1.807, 2.05) is 6.20 Å². The maximum Gasteiger partial charge on any atom is 0.109 e. The third-order valence-electron chi connectivity index (χ3n) is 2.84. The zero-order valence-electron chi connectivity index (χ0n) is 9.09. The van der Waals surface area contributed by atoms with Crippen molar-refractivity contribution in [2.24, 2.45) is 0 Å². The Labute approximate surface area is 80.8 Å². The molecule has 1 aromatic heterocycles. The molecule has 74 valence electrons. The monoisotopic (exact) mass is 180 g/mol. The number of rotatable bonds is 4. The van der Waals surface area contributed by atoms with Crippen molar-refractivity contribution >= 4 is 0 Å². The van der Waals surface area contributed by atoms with Crippen LogP contribution in [0.25, 0.3) is 0 Å². The number of nitrogens with one attached hydrogen (secondary N) is 1. The molecule has 2 heteroatoms. The molecule has 2 atom stereocenters. The van der Waals surface area contributed by atoms with Crippen molar-refractivity contribution in [1.29, 1.82) is 0 Å². The maximum atomic E-state index is 4.40. The minimum atomic E-state index is 0.554. The van der Waals surface area contributed by atoms with Crippen molar-refractivity contribution in [1.82, 2.24) is 9.97 Å². The number of aromatic amines is 1. The van der Waals surface area contributed by atoms with Crippen LogP contribution in [0.4, 0.5) is 0 Å². The summed E-state index contributed by atoms with van der Waals surface area (Å²) in [6.45, 7) is 8.83. The minimum absolute atomic E-state index is 0.554. The molecule has 0 saturated heterocycles. The Morgan fingerprint density at radius 2 is 1.85 bits per heavy atom. The van der Waals surface area contributed by atoms with E-state index >= 15 is 0 Å². The van der Waals surface area contributed by atoms with Crippen LogP contribution in [0.3, 0.4) is 0 Å². The summed E-state index contributed by atoms with van der Waals surface area (Å²) in [5.74, 6) is 2.29. The maximum absolute atomic E-state index is 4.40. The summed E-state index contributed by atoms with van der Waals surface area (Å²) in [7, 11) is 0. The van der Waals surface area contributed by atoms with Gasteiger partial charge in [-0.2, -0.15) is 0 Å². The van der Waals surface area contributed by atoms with E-state index in [0.29, 0.717) is 11.8 Å². The van der Waals surface area contributed by atoms with Gasteiger partial charge in [0, 0.05) is 17.8 Å². The van der Waals surface area contributed by atoms with Crippen LogP contribution in [-0.4, -0.2) is 9.97 Å². The van der Waals surface area contributed by atoms with Crippen LogP contribution in [0.5, 0.6) is 0 Å². The Morgan fingerprint density at radius 1 is 1.23 bits per heavy atom. The number of hydrogen-bond acceptors (Lipinski definition) is 1. The van der Waals surface area contributed by atoms with Crippen molar-refractivity contribution in [3.05, 3.63) is 17.7 Å². The zero-order valence-corrected chi connectivity index (χ0v) is 9.09. The fourth-order valence-electron chi connectivity index (χ4n) is 1.27. The molecule has 0 spiro atoms. The molecule has 13 heavy (non-hydrogen) atoms. The standard InChI is InChI=1S/C11H20N2/c1-5-8(3)10-7-12-11(13-10)9(4)6-2/h7-9H,5-6H2,1-4H3,(H,12,13). The Kier molecular flexibility index (Phi) is 3.52. The van der Waals surface area contributed by atoms with Gasteiger partial charge in [0.15, 0.2) is 0 Å². The van der Waals surface area contributed by atoms with Gasteiger partial charge in [-0.05, 0) is 18.8 Å². The van der Waals surface area contributed by atoms with Crippen LogP contribution in [0, 0.1) is 0 Å². The topological polar surface area (TPSA) is 28.7 Å². The molecule has 0 aliphatic rings. The van der Waals surface area contributed by atoms with E-state index in [4.69, 9.17) is 0 Å². The van der Waals surface area contributed by atoms with Gasteiger partial charge in [0.25, 0.3) is 0 Å². The van der Waals surface area contributed by atoms with Crippen molar-refractivity contribution < 1.29 is 0 Å². The molecule has 0 aliphatic carbocycles. The summed E-state index contributed by atoms with van der Waals surface area (Å²) in [6.07, 6.45) is 4.30. The number of hydrogen-bond donors (Lipinski definition) is 1. The van der Waals surface area contributed by atoms with E-state index < -0.39 is 0 Å². The predicted octanol–water partition coefficient (Wildman–Crippen LogP) is 3.44. The van der Waals surface area contributed by atoms with Crippen LogP contribution >= 0.6 is 0 Å². The van der Waals surface area contributed by atoms with Crippen molar-refractivity contribution in [3.63, 3.8) is 0 Å². The van der Waals surface area contributed by atoms with Gasteiger partial charge in [0.05, 0.1) is 0 Å². The molecule has 1 heterocycles. The molecular weight excluding hydrogens is 160 g/mol. The summed E-state index contributed by atoms with van der Waals surface area (Å²) in [4.78, 5) is 7.80. The van der Waals surface area contributed by atoms with Gasteiger partial charge >= 0.3 is 0 Å².